The average molecular weight is 544 g/mol. The molecule has 5 aromatic rings. The van der Waals surface area contributed by atoms with E-state index in [1.807, 2.05) is 0 Å². The quantitative estimate of drug-likeness (QED) is 0.222. The number of anilines is 1. The molecule has 2 N–H and O–H groups in total. The van der Waals surface area contributed by atoms with Gasteiger partial charge in [0.2, 0.25) is 0 Å². The molecule has 200 valence electrons. The molecule has 0 bridgehead atoms. The maximum Gasteiger partial charge on any atom is 0.416 e. The minimum Gasteiger partial charge on any atom is -0.348 e. The predicted octanol–water partition coefficient (Wildman–Crippen LogP) is 7.24. The van der Waals surface area contributed by atoms with Gasteiger partial charge in [-0.2, -0.15) is 13.2 Å². The summed E-state index contributed by atoms with van der Waals surface area (Å²) in [5.41, 5.74) is 1.56. The maximum absolute atomic E-state index is 13.5. The van der Waals surface area contributed by atoms with E-state index in [2.05, 4.69) is 15.6 Å². The van der Waals surface area contributed by atoms with Crippen LogP contribution in [0.2, 0.25) is 0 Å². The molecule has 2 amide bonds. The van der Waals surface area contributed by atoms with Crippen LogP contribution in [-0.2, 0) is 12.7 Å². The number of hydrogen-bond donors (Lipinski definition) is 2. The first kappa shape index (κ1) is 26.6. The van der Waals surface area contributed by atoms with Crippen LogP contribution in [0.15, 0.2) is 103 Å². The Balaban J connectivity index is 1.45. The fourth-order valence-corrected chi connectivity index (χ4v) is 4.21. The molecule has 0 saturated heterocycles. The van der Waals surface area contributed by atoms with E-state index in [-0.39, 0.29) is 23.5 Å². The summed E-state index contributed by atoms with van der Waals surface area (Å²) in [6.45, 7) is 0.121. The standard InChI is InChI=1S/C31H21F4N3O2/c32-23-15-9-19(10-16-23)18-36-29(39)26-17-21-5-1-4-8-27(21)37-28(26)38-30(40)25-7-3-2-6-24(25)20-11-13-22(14-12-20)31(33,34)35/h1-17H,18H2,(H,36,39)(H,37,38,40). The van der Waals surface area contributed by atoms with E-state index in [0.29, 0.717) is 27.6 Å². The van der Waals surface area contributed by atoms with Crippen molar-refractivity contribution in [3.05, 3.63) is 131 Å². The van der Waals surface area contributed by atoms with Crippen molar-refractivity contribution in [2.75, 3.05) is 5.32 Å². The number of carbonyl (C=O) groups excluding carboxylic acids is 2. The van der Waals surface area contributed by atoms with Crippen molar-refractivity contribution in [3.8, 4) is 11.1 Å². The number of carbonyl (C=O) groups is 2. The minimum absolute atomic E-state index is 0.0162. The fraction of sp³-hybridized carbons (Fsp3) is 0.0645. The van der Waals surface area contributed by atoms with Gasteiger partial charge in [-0.3, -0.25) is 9.59 Å². The van der Waals surface area contributed by atoms with Gasteiger partial charge in [-0.05, 0) is 59.2 Å². The second-order valence-corrected chi connectivity index (χ2v) is 8.96. The van der Waals surface area contributed by atoms with Gasteiger partial charge in [-0.1, -0.05) is 60.7 Å². The van der Waals surface area contributed by atoms with E-state index >= 15 is 0 Å². The molecule has 0 aliphatic heterocycles. The smallest absolute Gasteiger partial charge is 0.348 e. The summed E-state index contributed by atoms with van der Waals surface area (Å²) in [7, 11) is 0. The van der Waals surface area contributed by atoms with E-state index < -0.39 is 29.4 Å². The lowest BCUT2D eigenvalue weighted by Gasteiger charge is -2.14. The van der Waals surface area contributed by atoms with Crippen molar-refractivity contribution in [2.45, 2.75) is 12.7 Å². The maximum atomic E-state index is 13.5. The number of fused-ring (bicyclic) bond motifs is 1. The van der Waals surface area contributed by atoms with Crippen molar-refractivity contribution >= 4 is 28.5 Å². The molecule has 5 rings (SSSR count). The van der Waals surface area contributed by atoms with Gasteiger partial charge in [0.1, 0.15) is 11.6 Å². The normalized spacial score (nSPS) is 11.3. The highest BCUT2D eigenvalue weighted by Gasteiger charge is 2.30. The summed E-state index contributed by atoms with van der Waals surface area (Å²) in [5.74, 6) is -1.47. The Morgan fingerprint density at radius 3 is 2.15 bits per heavy atom. The first-order chi connectivity index (χ1) is 19.2. The molecule has 0 aliphatic rings. The molecular formula is C31H21F4N3O2. The molecule has 0 saturated carbocycles. The number of para-hydroxylation sites is 1. The van der Waals surface area contributed by atoms with Gasteiger partial charge in [0, 0.05) is 17.5 Å². The molecule has 5 nitrogen and oxygen atoms in total. The number of rotatable bonds is 6. The number of alkyl halides is 3. The van der Waals surface area contributed by atoms with Crippen LogP contribution in [0, 0.1) is 5.82 Å². The highest BCUT2D eigenvalue weighted by molar-refractivity contribution is 6.12. The first-order valence-corrected chi connectivity index (χ1v) is 12.2. The largest absolute Gasteiger partial charge is 0.416 e. The second-order valence-electron chi connectivity index (χ2n) is 8.96. The van der Waals surface area contributed by atoms with Crippen LogP contribution in [0.4, 0.5) is 23.4 Å². The van der Waals surface area contributed by atoms with E-state index in [1.165, 1.54) is 30.3 Å². The Bertz CT molecular complexity index is 1700. The number of benzene rings is 4. The Kier molecular flexibility index (Phi) is 7.29. The lowest BCUT2D eigenvalue weighted by molar-refractivity contribution is -0.137. The van der Waals surface area contributed by atoms with E-state index in [1.54, 1.807) is 60.7 Å². The van der Waals surface area contributed by atoms with Crippen molar-refractivity contribution < 1.29 is 27.2 Å². The second kappa shape index (κ2) is 11.0. The number of nitrogens with one attached hydrogen (secondary N) is 2. The van der Waals surface area contributed by atoms with Gasteiger partial charge >= 0.3 is 6.18 Å². The molecule has 1 aromatic heterocycles. The first-order valence-electron chi connectivity index (χ1n) is 12.2. The van der Waals surface area contributed by atoms with Crippen molar-refractivity contribution in [3.63, 3.8) is 0 Å². The minimum atomic E-state index is -4.48. The van der Waals surface area contributed by atoms with Gasteiger partial charge in [0.05, 0.1) is 16.6 Å². The zero-order valence-corrected chi connectivity index (χ0v) is 20.8. The summed E-state index contributed by atoms with van der Waals surface area (Å²) in [6, 6.07) is 25.4. The number of amides is 2. The van der Waals surface area contributed by atoms with Gasteiger partial charge in [0.15, 0.2) is 0 Å². The van der Waals surface area contributed by atoms with E-state index in [4.69, 9.17) is 0 Å². The average Bonchev–Trinajstić information content (AvgIpc) is 2.96. The van der Waals surface area contributed by atoms with E-state index in [9.17, 15) is 27.2 Å². The molecule has 0 radical (unpaired) electrons. The molecule has 0 aliphatic carbocycles. The van der Waals surface area contributed by atoms with Gasteiger partial charge in [0.25, 0.3) is 11.8 Å². The Hall–Kier alpha value is -5.05. The van der Waals surface area contributed by atoms with Crippen molar-refractivity contribution in [1.82, 2.24) is 10.3 Å². The fourth-order valence-electron chi connectivity index (χ4n) is 4.21. The van der Waals surface area contributed by atoms with Gasteiger partial charge in [-0.15, -0.1) is 0 Å². The summed E-state index contributed by atoms with van der Waals surface area (Å²) >= 11 is 0. The number of halogens is 4. The van der Waals surface area contributed by atoms with Crippen LogP contribution in [-0.4, -0.2) is 16.8 Å². The molecule has 0 unspecified atom stereocenters. The van der Waals surface area contributed by atoms with Crippen LogP contribution in [0.5, 0.6) is 0 Å². The van der Waals surface area contributed by atoms with Gasteiger partial charge < -0.3 is 10.6 Å². The molecule has 1 heterocycles. The predicted molar refractivity (Wildman–Crippen MR) is 144 cm³/mol. The van der Waals surface area contributed by atoms with Crippen LogP contribution >= 0.6 is 0 Å². The van der Waals surface area contributed by atoms with Crippen LogP contribution in [0.25, 0.3) is 22.0 Å². The summed E-state index contributed by atoms with van der Waals surface area (Å²) in [4.78, 5) is 31.2. The summed E-state index contributed by atoms with van der Waals surface area (Å²) in [6.07, 6.45) is -4.48. The number of hydrogen-bond acceptors (Lipinski definition) is 3. The summed E-state index contributed by atoms with van der Waals surface area (Å²) in [5, 5.41) is 6.15. The molecule has 0 fully saturated rings. The monoisotopic (exact) mass is 543 g/mol. The third kappa shape index (κ3) is 5.83. The number of aromatic nitrogens is 1. The van der Waals surface area contributed by atoms with E-state index in [0.717, 1.165) is 12.1 Å². The molecule has 9 heteroatoms. The molecule has 0 atom stereocenters. The topological polar surface area (TPSA) is 71.1 Å². The molecule has 4 aromatic carbocycles. The Morgan fingerprint density at radius 2 is 1.43 bits per heavy atom. The highest BCUT2D eigenvalue weighted by Crippen LogP contribution is 2.32. The number of pyridine rings is 1. The van der Waals surface area contributed by atoms with Crippen molar-refractivity contribution in [2.24, 2.45) is 0 Å². The lowest BCUT2D eigenvalue weighted by Crippen LogP contribution is -2.25. The SMILES string of the molecule is O=C(Nc1nc2ccccc2cc1C(=O)NCc1ccc(F)cc1)c1ccccc1-c1ccc(C(F)(F)F)cc1. The Labute approximate surface area is 226 Å². The summed E-state index contributed by atoms with van der Waals surface area (Å²) < 4.78 is 52.3. The van der Waals surface area contributed by atoms with Crippen LogP contribution < -0.4 is 10.6 Å². The number of nitrogens with zero attached hydrogens (tertiary/aromatic N) is 1. The molecule has 40 heavy (non-hydrogen) atoms. The lowest BCUT2D eigenvalue weighted by atomic mass is 9.98. The zero-order chi connectivity index (χ0) is 28.3. The van der Waals surface area contributed by atoms with Crippen LogP contribution in [0.3, 0.4) is 0 Å². The molecular weight excluding hydrogens is 522 g/mol. The molecule has 0 spiro atoms. The van der Waals surface area contributed by atoms with Crippen LogP contribution in [0.1, 0.15) is 31.8 Å². The Morgan fingerprint density at radius 1 is 0.750 bits per heavy atom. The highest BCUT2D eigenvalue weighted by atomic mass is 19.4. The third-order valence-corrected chi connectivity index (χ3v) is 6.26. The third-order valence-electron chi connectivity index (χ3n) is 6.26. The zero-order valence-electron chi connectivity index (χ0n) is 20.8. The van der Waals surface area contributed by atoms with Crippen molar-refractivity contribution in [1.29, 1.82) is 0 Å². The van der Waals surface area contributed by atoms with Gasteiger partial charge in [-0.25, -0.2) is 9.37 Å².